The normalized spacial score (nSPS) is 16.6. The van der Waals surface area contributed by atoms with Gasteiger partial charge in [-0.25, -0.2) is 0 Å². The number of Topliss-reactive ketones (excluding diaryl/α,β-unsaturated/α-hetero) is 1. The monoisotopic (exact) mass is 428 g/mol. The van der Waals surface area contributed by atoms with Crippen LogP contribution in [0.25, 0.3) is 0 Å². The summed E-state index contributed by atoms with van der Waals surface area (Å²) in [4.78, 5) is 31.5. The molecule has 3 aromatic rings. The van der Waals surface area contributed by atoms with E-state index in [2.05, 4.69) is 4.98 Å². The highest BCUT2D eigenvalue weighted by Gasteiger charge is 2.44. The lowest BCUT2D eigenvalue weighted by molar-refractivity contribution is -0.130. The molecule has 29 heavy (non-hydrogen) atoms. The molecule has 4 rings (SSSR count). The molecule has 1 aromatic carbocycles. The third-order valence-electron chi connectivity index (χ3n) is 4.61. The molecular formula is C21H14Cl2N2O4. The van der Waals surface area contributed by atoms with E-state index in [9.17, 15) is 14.7 Å². The molecule has 1 aliphatic heterocycles. The van der Waals surface area contributed by atoms with Crippen LogP contribution in [-0.4, -0.2) is 26.7 Å². The summed E-state index contributed by atoms with van der Waals surface area (Å²) in [6.45, 7) is 0.0869. The molecule has 0 fully saturated rings. The molecule has 0 bridgehead atoms. The smallest absolute Gasteiger partial charge is 0.290 e. The van der Waals surface area contributed by atoms with Crippen molar-refractivity contribution in [1.82, 2.24) is 9.88 Å². The summed E-state index contributed by atoms with van der Waals surface area (Å²) >= 11 is 12.2. The van der Waals surface area contributed by atoms with Gasteiger partial charge in [-0.1, -0.05) is 35.3 Å². The summed E-state index contributed by atoms with van der Waals surface area (Å²) in [7, 11) is 0. The van der Waals surface area contributed by atoms with Gasteiger partial charge >= 0.3 is 0 Å². The van der Waals surface area contributed by atoms with Crippen LogP contribution in [0.1, 0.15) is 27.9 Å². The maximum atomic E-state index is 13.0. The molecule has 0 aliphatic carbocycles. The number of furan rings is 1. The zero-order valence-electron chi connectivity index (χ0n) is 14.9. The fourth-order valence-electron chi connectivity index (χ4n) is 3.28. The van der Waals surface area contributed by atoms with Gasteiger partial charge in [-0.3, -0.25) is 14.6 Å². The van der Waals surface area contributed by atoms with Crippen LogP contribution in [0.5, 0.6) is 0 Å². The predicted molar refractivity (Wildman–Crippen MR) is 107 cm³/mol. The minimum atomic E-state index is -0.878. The van der Waals surface area contributed by atoms with Gasteiger partial charge in [0, 0.05) is 6.20 Å². The summed E-state index contributed by atoms with van der Waals surface area (Å²) in [6, 6.07) is 12.3. The van der Waals surface area contributed by atoms with E-state index in [-0.39, 0.29) is 22.9 Å². The highest BCUT2D eigenvalue weighted by atomic mass is 35.5. The van der Waals surface area contributed by atoms with Crippen molar-refractivity contribution < 1.29 is 19.1 Å². The number of carbonyl (C=O) groups is 2. The number of pyridine rings is 1. The van der Waals surface area contributed by atoms with Crippen molar-refractivity contribution in [3.05, 3.63) is 99.4 Å². The Labute approximate surface area is 176 Å². The Hall–Kier alpha value is -3.09. The van der Waals surface area contributed by atoms with E-state index in [1.807, 2.05) is 0 Å². The molecule has 1 unspecified atom stereocenters. The van der Waals surface area contributed by atoms with Crippen molar-refractivity contribution in [3.63, 3.8) is 0 Å². The quantitative estimate of drug-likeness (QED) is 0.592. The van der Waals surface area contributed by atoms with Gasteiger partial charge in [-0.2, -0.15) is 0 Å². The van der Waals surface area contributed by atoms with Crippen LogP contribution >= 0.6 is 23.2 Å². The number of nitrogens with zero attached hydrogens (tertiary/aromatic N) is 2. The molecule has 2 aromatic heterocycles. The van der Waals surface area contributed by atoms with Gasteiger partial charge < -0.3 is 14.4 Å². The topological polar surface area (TPSA) is 83.6 Å². The van der Waals surface area contributed by atoms with Crippen LogP contribution < -0.4 is 0 Å². The van der Waals surface area contributed by atoms with Gasteiger partial charge in [0.05, 0.1) is 40.2 Å². The van der Waals surface area contributed by atoms with Crippen LogP contribution in [0.3, 0.4) is 0 Å². The van der Waals surface area contributed by atoms with Gasteiger partial charge in [0.2, 0.25) is 5.78 Å². The average molecular weight is 429 g/mol. The number of ketones is 1. The largest absolute Gasteiger partial charge is 0.503 e. The molecule has 0 spiro atoms. The third kappa shape index (κ3) is 3.52. The van der Waals surface area contributed by atoms with E-state index in [1.165, 1.54) is 17.2 Å². The number of benzene rings is 1. The predicted octanol–water partition coefficient (Wildman–Crippen LogP) is 4.76. The number of rotatable bonds is 5. The van der Waals surface area contributed by atoms with Gasteiger partial charge in [0.1, 0.15) is 0 Å². The lowest BCUT2D eigenvalue weighted by atomic mass is 9.95. The molecule has 1 aliphatic rings. The van der Waals surface area contributed by atoms with Crippen molar-refractivity contribution in [3.8, 4) is 0 Å². The number of aromatic nitrogens is 1. The van der Waals surface area contributed by atoms with E-state index in [4.69, 9.17) is 27.6 Å². The van der Waals surface area contributed by atoms with E-state index >= 15 is 0 Å². The molecular weight excluding hydrogens is 415 g/mol. The van der Waals surface area contributed by atoms with Crippen molar-refractivity contribution in [2.75, 3.05) is 0 Å². The maximum absolute atomic E-state index is 13.0. The Morgan fingerprint density at radius 2 is 1.97 bits per heavy atom. The van der Waals surface area contributed by atoms with Crippen molar-refractivity contribution >= 4 is 34.9 Å². The molecule has 6 nitrogen and oxygen atoms in total. The second-order valence-electron chi connectivity index (χ2n) is 6.40. The Balaban J connectivity index is 1.82. The SMILES string of the molecule is O=C(C1=C(O)C(=O)N(Cc2ccccn2)C1c1ccc(Cl)c(Cl)c1)c1ccco1. The van der Waals surface area contributed by atoms with Crippen LogP contribution in [0.4, 0.5) is 0 Å². The van der Waals surface area contributed by atoms with Crippen molar-refractivity contribution in [1.29, 1.82) is 0 Å². The number of amides is 1. The first-order valence-electron chi connectivity index (χ1n) is 8.64. The maximum Gasteiger partial charge on any atom is 0.290 e. The number of aliphatic hydroxyl groups is 1. The first-order chi connectivity index (χ1) is 14.0. The number of hydrogen-bond donors (Lipinski definition) is 1. The molecule has 8 heteroatoms. The lowest BCUT2D eigenvalue weighted by Gasteiger charge is -2.26. The molecule has 1 atom stereocenters. The Bertz CT molecular complexity index is 1110. The number of hydrogen-bond acceptors (Lipinski definition) is 5. The molecule has 3 heterocycles. The van der Waals surface area contributed by atoms with Gasteiger partial charge in [-0.05, 0) is 42.0 Å². The van der Waals surface area contributed by atoms with Gasteiger partial charge in [0.15, 0.2) is 11.5 Å². The van der Waals surface area contributed by atoms with E-state index in [0.717, 1.165) is 0 Å². The Morgan fingerprint density at radius 1 is 1.14 bits per heavy atom. The lowest BCUT2D eigenvalue weighted by Crippen LogP contribution is -2.31. The summed E-state index contributed by atoms with van der Waals surface area (Å²) < 4.78 is 5.19. The Morgan fingerprint density at radius 3 is 2.62 bits per heavy atom. The summed E-state index contributed by atoms with van der Waals surface area (Å²) in [5, 5.41) is 11.2. The van der Waals surface area contributed by atoms with Crippen LogP contribution in [0.15, 0.2) is 76.7 Å². The molecule has 146 valence electrons. The van der Waals surface area contributed by atoms with Crippen LogP contribution in [-0.2, 0) is 11.3 Å². The van der Waals surface area contributed by atoms with Gasteiger partial charge in [-0.15, -0.1) is 0 Å². The number of halogens is 2. The third-order valence-corrected chi connectivity index (χ3v) is 5.35. The highest BCUT2D eigenvalue weighted by molar-refractivity contribution is 6.42. The van der Waals surface area contributed by atoms with Crippen molar-refractivity contribution in [2.24, 2.45) is 0 Å². The highest BCUT2D eigenvalue weighted by Crippen LogP contribution is 2.41. The molecule has 1 amide bonds. The summed E-state index contributed by atoms with van der Waals surface area (Å²) in [5.41, 5.74) is 1.05. The average Bonchev–Trinajstić information content (AvgIpc) is 3.34. The molecule has 0 saturated carbocycles. The molecule has 0 saturated heterocycles. The van der Waals surface area contributed by atoms with Crippen LogP contribution in [0.2, 0.25) is 10.0 Å². The Kier molecular flexibility index (Phi) is 5.13. The standard InChI is InChI=1S/C21H14Cl2N2O4/c22-14-7-6-12(10-15(14)23)18-17(19(26)16-5-3-9-29-16)20(27)21(28)25(18)11-13-4-1-2-8-24-13/h1-10,18,27H,11H2. The van der Waals surface area contributed by atoms with Crippen molar-refractivity contribution in [2.45, 2.75) is 12.6 Å². The second kappa shape index (κ2) is 7.73. The minimum Gasteiger partial charge on any atom is -0.503 e. The zero-order chi connectivity index (χ0) is 20.5. The molecule has 1 N–H and O–H groups in total. The fraction of sp³-hybridized carbons (Fsp3) is 0.0952. The summed E-state index contributed by atoms with van der Waals surface area (Å²) in [5.74, 6) is -1.87. The fourth-order valence-corrected chi connectivity index (χ4v) is 3.59. The molecule has 0 radical (unpaired) electrons. The second-order valence-corrected chi connectivity index (χ2v) is 7.21. The number of carbonyl (C=O) groups excluding carboxylic acids is 2. The van der Waals surface area contributed by atoms with E-state index in [1.54, 1.807) is 48.7 Å². The number of aliphatic hydroxyl groups excluding tert-OH is 1. The van der Waals surface area contributed by atoms with Crippen LogP contribution in [0, 0.1) is 0 Å². The van der Waals surface area contributed by atoms with Gasteiger partial charge in [0.25, 0.3) is 5.91 Å². The first-order valence-corrected chi connectivity index (χ1v) is 9.40. The summed E-state index contributed by atoms with van der Waals surface area (Å²) in [6.07, 6.45) is 2.95. The van der Waals surface area contributed by atoms with E-state index in [0.29, 0.717) is 16.3 Å². The minimum absolute atomic E-state index is 0.0177. The van der Waals surface area contributed by atoms with E-state index < -0.39 is 23.5 Å². The zero-order valence-corrected chi connectivity index (χ0v) is 16.4. The first kappa shape index (κ1) is 19.2.